The van der Waals surface area contributed by atoms with E-state index < -0.39 is 0 Å². The van der Waals surface area contributed by atoms with E-state index in [1.54, 1.807) is 0 Å². The first-order valence-electron chi connectivity index (χ1n) is 5.87. The summed E-state index contributed by atoms with van der Waals surface area (Å²) in [6, 6.07) is 11.3. The van der Waals surface area contributed by atoms with Gasteiger partial charge in [-0.3, -0.25) is 4.79 Å². The average molecular weight is 489 g/mol. The molecule has 0 unspecified atom stereocenters. The van der Waals surface area contributed by atoms with Crippen LogP contribution in [0.5, 0.6) is 5.75 Å². The van der Waals surface area contributed by atoms with Crippen LogP contribution in [0.1, 0.15) is 11.1 Å². The molecule has 3 nitrogen and oxygen atoms in total. The smallest absolute Gasteiger partial charge is 0.256 e. The molecule has 1 aliphatic heterocycles. The fourth-order valence-electron chi connectivity index (χ4n) is 2.12. The second-order valence-corrected chi connectivity index (χ2v) is 6.72. The number of phenolic OH excluding ortho intramolecular Hbond substituents is 1. The summed E-state index contributed by atoms with van der Waals surface area (Å²) in [5, 5.41) is 12.6. The Morgan fingerprint density at radius 2 is 1.75 bits per heavy atom. The van der Waals surface area contributed by atoms with Gasteiger partial charge in [0, 0.05) is 16.8 Å². The molecule has 0 saturated carbocycles. The third kappa shape index (κ3) is 2.44. The lowest BCUT2D eigenvalue weighted by molar-refractivity contribution is -0.110. The summed E-state index contributed by atoms with van der Waals surface area (Å²) in [7, 11) is 0. The maximum atomic E-state index is 12.0. The number of amides is 1. The standard InChI is InChI=1S/C15H9I2NO2/c16-11-6-8(7-12(17)14(11)19)5-10-9-3-1-2-4-13(9)18-15(10)20/h1-7,19H,(H,18,20). The summed E-state index contributed by atoms with van der Waals surface area (Å²) in [5.41, 5.74) is 3.30. The molecule has 0 aromatic heterocycles. The highest BCUT2D eigenvalue weighted by molar-refractivity contribution is 14.1. The number of aromatic hydroxyl groups is 1. The predicted molar refractivity (Wildman–Crippen MR) is 96.5 cm³/mol. The number of hydrogen-bond acceptors (Lipinski definition) is 2. The molecule has 2 aromatic rings. The number of carbonyl (C=O) groups is 1. The molecule has 0 saturated heterocycles. The minimum atomic E-state index is -0.0932. The molecule has 2 aromatic carbocycles. The molecule has 1 amide bonds. The van der Waals surface area contributed by atoms with Gasteiger partial charge in [0.05, 0.1) is 7.14 Å². The van der Waals surface area contributed by atoms with Gasteiger partial charge in [-0.1, -0.05) is 18.2 Å². The maximum absolute atomic E-state index is 12.0. The molecule has 3 rings (SSSR count). The lowest BCUT2D eigenvalue weighted by Gasteiger charge is -2.03. The van der Waals surface area contributed by atoms with Crippen molar-refractivity contribution < 1.29 is 9.90 Å². The number of anilines is 1. The summed E-state index contributed by atoms with van der Waals surface area (Å²) < 4.78 is 1.54. The molecule has 0 fully saturated rings. The van der Waals surface area contributed by atoms with E-state index >= 15 is 0 Å². The van der Waals surface area contributed by atoms with Crippen molar-refractivity contribution in [1.82, 2.24) is 0 Å². The number of hydrogen-bond donors (Lipinski definition) is 2. The summed E-state index contributed by atoms with van der Waals surface area (Å²) in [4.78, 5) is 12.0. The van der Waals surface area contributed by atoms with Crippen LogP contribution in [-0.4, -0.2) is 11.0 Å². The van der Waals surface area contributed by atoms with Gasteiger partial charge in [0.2, 0.25) is 0 Å². The Balaban J connectivity index is 2.11. The molecule has 100 valence electrons. The number of halogens is 2. The molecule has 0 bridgehead atoms. The molecule has 0 atom stereocenters. The predicted octanol–water partition coefficient (Wildman–Crippen LogP) is 4.09. The van der Waals surface area contributed by atoms with Gasteiger partial charge in [-0.15, -0.1) is 0 Å². The second kappa shape index (κ2) is 5.36. The lowest BCUT2D eigenvalue weighted by Crippen LogP contribution is -2.03. The third-order valence-corrected chi connectivity index (χ3v) is 4.70. The van der Waals surface area contributed by atoms with Crippen molar-refractivity contribution in [3.8, 4) is 5.75 Å². The Morgan fingerprint density at radius 1 is 1.10 bits per heavy atom. The van der Waals surface area contributed by atoms with Crippen LogP contribution in [-0.2, 0) is 4.79 Å². The van der Waals surface area contributed by atoms with E-state index in [1.165, 1.54) is 0 Å². The first-order valence-corrected chi connectivity index (χ1v) is 8.02. The molecule has 2 N–H and O–H groups in total. The zero-order valence-corrected chi connectivity index (χ0v) is 14.5. The number of rotatable bonds is 1. The molecule has 1 heterocycles. The molecule has 20 heavy (non-hydrogen) atoms. The maximum Gasteiger partial charge on any atom is 0.256 e. The Kier molecular flexibility index (Phi) is 3.72. The minimum Gasteiger partial charge on any atom is -0.506 e. The second-order valence-electron chi connectivity index (χ2n) is 4.39. The lowest BCUT2D eigenvalue weighted by atomic mass is 10.0. The van der Waals surface area contributed by atoms with Gasteiger partial charge in [0.1, 0.15) is 5.75 Å². The van der Waals surface area contributed by atoms with E-state index in [9.17, 15) is 9.90 Å². The normalized spacial score (nSPS) is 15.3. The zero-order chi connectivity index (χ0) is 14.3. The van der Waals surface area contributed by atoms with Crippen LogP contribution in [0.2, 0.25) is 0 Å². The fraction of sp³-hybridized carbons (Fsp3) is 0. The van der Waals surface area contributed by atoms with Crippen LogP contribution in [0.15, 0.2) is 36.4 Å². The van der Waals surface area contributed by atoms with Crippen LogP contribution in [0, 0.1) is 7.14 Å². The number of carbonyl (C=O) groups excluding carboxylic acids is 1. The monoisotopic (exact) mass is 489 g/mol. The van der Waals surface area contributed by atoms with Gasteiger partial charge in [-0.05, 0) is 75.0 Å². The van der Waals surface area contributed by atoms with Crippen molar-refractivity contribution in [3.63, 3.8) is 0 Å². The van der Waals surface area contributed by atoms with Crippen LogP contribution >= 0.6 is 45.2 Å². The van der Waals surface area contributed by atoms with Crippen LogP contribution < -0.4 is 5.32 Å². The minimum absolute atomic E-state index is 0.0932. The molecule has 0 radical (unpaired) electrons. The molecule has 5 heteroatoms. The van der Waals surface area contributed by atoms with E-state index in [-0.39, 0.29) is 11.7 Å². The number of phenols is 1. The van der Waals surface area contributed by atoms with Crippen molar-refractivity contribution in [1.29, 1.82) is 0 Å². The first-order chi connectivity index (χ1) is 9.56. The van der Waals surface area contributed by atoms with Crippen molar-refractivity contribution in [2.24, 2.45) is 0 Å². The van der Waals surface area contributed by atoms with Crippen molar-refractivity contribution in [3.05, 3.63) is 54.7 Å². The zero-order valence-electron chi connectivity index (χ0n) is 10.2. The molecule has 0 aliphatic carbocycles. The van der Waals surface area contributed by atoms with Gasteiger partial charge in [-0.2, -0.15) is 0 Å². The fourth-order valence-corrected chi connectivity index (χ4v) is 3.93. The van der Waals surface area contributed by atoms with Crippen molar-refractivity contribution in [2.75, 3.05) is 5.32 Å². The molecular weight excluding hydrogens is 480 g/mol. The van der Waals surface area contributed by atoms with E-state index in [0.29, 0.717) is 5.57 Å². The summed E-state index contributed by atoms with van der Waals surface area (Å²) in [5.74, 6) is 0.189. The Labute approximate surface area is 143 Å². The van der Waals surface area contributed by atoms with E-state index in [0.717, 1.165) is 24.0 Å². The van der Waals surface area contributed by atoms with Gasteiger partial charge in [0.15, 0.2) is 0 Å². The SMILES string of the molecule is O=C1Nc2ccccc2C1=Cc1cc(I)c(O)c(I)c1. The number of fused-ring (bicyclic) bond motifs is 1. The highest BCUT2D eigenvalue weighted by Crippen LogP contribution is 2.34. The highest BCUT2D eigenvalue weighted by Gasteiger charge is 2.23. The van der Waals surface area contributed by atoms with Crippen LogP contribution in [0.4, 0.5) is 5.69 Å². The third-order valence-electron chi connectivity index (χ3n) is 3.06. The quantitative estimate of drug-likeness (QED) is 0.469. The largest absolute Gasteiger partial charge is 0.506 e. The van der Waals surface area contributed by atoms with Crippen molar-refractivity contribution in [2.45, 2.75) is 0 Å². The summed E-state index contributed by atoms with van der Waals surface area (Å²) >= 11 is 4.17. The first kappa shape index (κ1) is 13.9. The summed E-state index contributed by atoms with van der Waals surface area (Å²) in [6.45, 7) is 0. The Morgan fingerprint density at radius 3 is 2.45 bits per heavy atom. The van der Waals surface area contributed by atoms with Crippen LogP contribution in [0.25, 0.3) is 11.6 Å². The summed E-state index contributed by atoms with van der Waals surface area (Å²) in [6.07, 6.45) is 1.85. The number of nitrogens with one attached hydrogen (secondary N) is 1. The molecule has 0 spiro atoms. The van der Waals surface area contributed by atoms with Gasteiger partial charge in [0.25, 0.3) is 5.91 Å². The average Bonchev–Trinajstić information content (AvgIpc) is 2.73. The van der Waals surface area contributed by atoms with Crippen molar-refractivity contribution >= 4 is 68.4 Å². The number of benzene rings is 2. The van der Waals surface area contributed by atoms with Gasteiger partial charge in [-0.25, -0.2) is 0 Å². The molecular formula is C15H9I2NO2. The van der Waals surface area contributed by atoms with Crippen LogP contribution in [0.3, 0.4) is 0 Å². The molecule has 1 aliphatic rings. The van der Waals surface area contributed by atoms with Gasteiger partial charge < -0.3 is 10.4 Å². The van der Waals surface area contributed by atoms with E-state index in [1.807, 2.05) is 42.5 Å². The highest BCUT2D eigenvalue weighted by atomic mass is 127. The van der Waals surface area contributed by atoms with E-state index in [4.69, 9.17) is 0 Å². The topological polar surface area (TPSA) is 49.3 Å². The number of para-hydroxylation sites is 1. The van der Waals surface area contributed by atoms with Gasteiger partial charge >= 0.3 is 0 Å². The van der Waals surface area contributed by atoms with E-state index in [2.05, 4.69) is 50.5 Å². The Hall–Kier alpha value is -1.09. The Bertz CT molecular complexity index is 730.